The molecule has 2 aliphatic carbocycles. The summed E-state index contributed by atoms with van der Waals surface area (Å²) in [5, 5.41) is 3.78. The molecule has 0 bridgehead atoms. The van der Waals surface area contributed by atoms with E-state index in [2.05, 4.69) is 43.4 Å². The monoisotopic (exact) mass is 243 g/mol. The molecular formula is C17H25N. The predicted molar refractivity (Wildman–Crippen MR) is 76.5 cm³/mol. The van der Waals surface area contributed by atoms with Gasteiger partial charge in [0.2, 0.25) is 0 Å². The van der Waals surface area contributed by atoms with Crippen molar-refractivity contribution in [2.24, 2.45) is 17.8 Å². The molecule has 1 atom stereocenters. The maximum Gasteiger partial charge on any atom is 0.0294 e. The normalized spacial score (nSPS) is 21.3. The third kappa shape index (κ3) is 2.77. The fraction of sp³-hybridized carbons (Fsp3) is 0.647. The molecule has 1 unspecified atom stereocenters. The fourth-order valence-corrected chi connectivity index (χ4v) is 3.26. The van der Waals surface area contributed by atoms with Crippen molar-refractivity contribution in [1.29, 1.82) is 0 Å². The predicted octanol–water partition coefficient (Wildman–Crippen LogP) is 4.08. The lowest BCUT2D eigenvalue weighted by Gasteiger charge is -2.21. The Morgan fingerprint density at radius 3 is 2.28 bits per heavy atom. The zero-order valence-electron chi connectivity index (χ0n) is 11.7. The molecule has 2 fully saturated rings. The van der Waals surface area contributed by atoms with E-state index in [1.165, 1.54) is 43.4 Å². The van der Waals surface area contributed by atoms with Crippen LogP contribution in [0.4, 0.5) is 0 Å². The van der Waals surface area contributed by atoms with Crippen LogP contribution < -0.4 is 5.32 Å². The van der Waals surface area contributed by atoms with Crippen LogP contribution in [-0.2, 0) is 0 Å². The van der Waals surface area contributed by atoms with Crippen molar-refractivity contribution in [2.45, 2.75) is 45.6 Å². The molecule has 1 heteroatoms. The van der Waals surface area contributed by atoms with Gasteiger partial charge in [-0.05, 0) is 75.0 Å². The Morgan fingerprint density at radius 1 is 1.11 bits per heavy atom. The van der Waals surface area contributed by atoms with Crippen LogP contribution in [-0.4, -0.2) is 6.54 Å². The van der Waals surface area contributed by atoms with Crippen molar-refractivity contribution in [3.8, 4) is 0 Å². The van der Waals surface area contributed by atoms with Crippen LogP contribution in [0.25, 0.3) is 0 Å². The summed E-state index contributed by atoms with van der Waals surface area (Å²) in [6.07, 6.45) is 5.95. The summed E-state index contributed by atoms with van der Waals surface area (Å²) >= 11 is 0. The van der Waals surface area contributed by atoms with Crippen LogP contribution in [0.2, 0.25) is 0 Å². The maximum atomic E-state index is 3.78. The highest BCUT2D eigenvalue weighted by Crippen LogP contribution is 2.49. The first-order valence-electron chi connectivity index (χ1n) is 7.54. The molecule has 1 aromatic carbocycles. The molecule has 0 aromatic heterocycles. The van der Waals surface area contributed by atoms with E-state index in [0.29, 0.717) is 6.04 Å². The van der Waals surface area contributed by atoms with E-state index in [9.17, 15) is 0 Å². The largest absolute Gasteiger partial charge is 0.310 e. The minimum absolute atomic E-state index is 0.492. The van der Waals surface area contributed by atoms with Crippen LogP contribution in [0.3, 0.4) is 0 Å². The average Bonchev–Trinajstić information content (AvgIpc) is 3.24. The third-order valence-corrected chi connectivity index (χ3v) is 4.77. The Kier molecular flexibility index (Phi) is 3.43. The van der Waals surface area contributed by atoms with E-state index < -0.39 is 0 Å². The molecule has 2 saturated carbocycles. The van der Waals surface area contributed by atoms with Gasteiger partial charge in [-0.2, -0.15) is 0 Å². The van der Waals surface area contributed by atoms with Crippen molar-refractivity contribution >= 4 is 0 Å². The number of benzene rings is 1. The number of aryl methyl sites for hydroxylation is 1. The van der Waals surface area contributed by atoms with Gasteiger partial charge < -0.3 is 5.32 Å². The zero-order valence-corrected chi connectivity index (χ0v) is 11.7. The molecule has 0 saturated heterocycles. The Hall–Kier alpha value is -0.820. The molecule has 0 radical (unpaired) electrons. The average molecular weight is 243 g/mol. The van der Waals surface area contributed by atoms with Gasteiger partial charge in [-0.15, -0.1) is 0 Å². The van der Waals surface area contributed by atoms with Gasteiger partial charge in [0, 0.05) is 6.04 Å². The van der Waals surface area contributed by atoms with Gasteiger partial charge in [0.25, 0.3) is 0 Å². The van der Waals surface area contributed by atoms with Crippen molar-refractivity contribution in [1.82, 2.24) is 5.32 Å². The topological polar surface area (TPSA) is 12.0 Å². The number of hydrogen-bond donors (Lipinski definition) is 1. The summed E-state index contributed by atoms with van der Waals surface area (Å²) in [5.41, 5.74) is 2.87. The minimum Gasteiger partial charge on any atom is -0.310 e. The maximum absolute atomic E-state index is 3.78. The summed E-state index contributed by atoms with van der Waals surface area (Å²) in [7, 11) is 0. The van der Waals surface area contributed by atoms with E-state index in [-0.39, 0.29) is 0 Å². The molecule has 0 spiro atoms. The van der Waals surface area contributed by atoms with Gasteiger partial charge in [0.15, 0.2) is 0 Å². The highest BCUT2D eigenvalue weighted by atomic mass is 14.9. The van der Waals surface area contributed by atoms with E-state index >= 15 is 0 Å². The Balaban J connectivity index is 1.57. The second-order valence-corrected chi connectivity index (χ2v) is 6.33. The first-order valence-corrected chi connectivity index (χ1v) is 7.54. The molecule has 3 rings (SSSR count). The summed E-state index contributed by atoms with van der Waals surface area (Å²) < 4.78 is 0. The lowest BCUT2D eigenvalue weighted by molar-refractivity contribution is 0.362. The minimum atomic E-state index is 0.492. The van der Waals surface area contributed by atoms with Gasteiger partial charge in [0.05, 0.1) is 0 Å². The van der Waals surface area contributed by atoms with E-state index in [1.54, 1.807) is 0 Å². The molecule has 1 nitrogen and oxygen atoms in total. The highest BCUT2D eigenvalue weighted by molar-refractivity contribution is 5.28. The molecule has 0 aliphatic heterocycles. The number of nitrogens with one attached hydrogen (secondary N) is 1. The molecule has 2 aliphatic rings. The quantitative estimate of drug-likeness (QED) is 0.793. The second-order valence-electron chi connectivity index (χ2n) is 6.33. The summed E-state index contributed by atoms with van der Waals surface area (Å²) in [6, 6.07) is 9.25. The second kappa shape index (κ2) is 5.05. The summed E-state index contributed by atoms with van der Waals surface area (Å²) in [6.45, 7) is 5.75. The van der Waals surface area contributed by atoms with Crippen molar-refractivity contribution < 1.29 is 0 Å². The van der Waals surface area contributed by atoms with Gasteiger partial charge >= 0.3 is 0 Å². The first kappa shape index (κ1) is 12.2. The summed E-state index contributed by atoms with van der Waals surface area (Å²) in [4.78, 5) is 0. The molecule has 0 heterocycles. The van der Waals surface area contributed by atoms with Crippen LogP contribution >= 0.6 is 0 Å². The van der Waals surface area contributed by atoms with E-state index in [1.807, 2.05) is 0 Å². The fourth-order valence-electron chi connectivity index (χ4n) is 3.26. The van der Waals surface area contributed by atoms with Gasteiger partial charge in [-0.3, -0.25) is 0 Å². The van der Waals surface area contributed by atoms with Crippen molar-refractivity contribution in [3.63, 3.8) is 0 Å². The van der Waals surface area contributed by atoms with Gasteiger partial charge in [-0.1, -0.05) is 24.3 Å². The van der Waals surface area contributed by atoms with Crippen LogP contribution in [0.5, 0.6) is 0 Å². The van der Waals surface area contributed by atoms with E-state index in [0.717, 1.165) is 17.8 Å². The molecular weight excluding hydrogens is 218 g/mol. The number of hydrogen-bond acceptors (Lipinski definition) is 1. The lowest BCUT2D eigenvalue weighted by Crippen LogP contribution is -2.28. The molecule has 1 N–H and O–H groups in total. The zero-order chi connectivity index (χ0) is 12.5. The molecule has 98 valence electrons. The highest BCUT2D eigenvalue weighted by Gasteiger charge is 2.41. The molecule has 18 heavy (non-hydrogen) atoms. The molecule has 1 aromatic rings. The van der Waals surface area contributed by atoms with Crippen molar-refractivity contribution in [2.75, 3.05) is 6.54 Å². The standard InChI is InChI=1S/C17H25N/c1-12-5-3-4-6-16(12)13(2)18-11-17(14-7-8-14)15-9-10-15/h3-6,13-15,17-18H,7-11H2,1-2H3. The van der Waals surface area contributed by atoms with Gasteiger partial charge in [0.1, 0.15) is 0 Å². The Bertz CT molecular complexity index is 392. The third-order valence-electron chi connectivity index (χ3n) is 4.77. The smallest absolute Gasteiger partial charge is 0.0294 e. The number of rotatable bonds is 6. The lowest BCUT2D eigenvalue weighted by atomic mass is 9.96. The molecule has 0 amide bonds. The Morgan fingerprint density at radius 2 is 1.72 bits per heavy atom. The first-order chi connectivity index (χ1) is 8.75. The van der Waals surface area contributed by atoms with Gasteiger partial charge in [-0.25, -0.2) is 0 Å². The SMILES string of the molecule is Cc1ccccc1C(C)NCC(C1CC1)C1CC1. The van der Waals surface area contributed by atoms with Crippen LogP contribution in [0, 0.1) is 24.7 Å². The van der Waals surface area contributed by atoms with Crippen LogP contribution in [0.15, 0.2) is 24.3 Å². The van der Waals surface area contributed by atoms with Crippen LogP contribution in [0.1, 0.15) is 49.8 Å². The Labute approximate surface area is 111 Å². The summed E-state index contributed by atoms with van der Waals surface area (Å²) in [5.74, 6) is 3.07. The van der Waals surface area contributed by atoms with E-state index in [4.69, 9.17) is 0 Å². The van der Waals surface area contributed by atoms with Crippen molar-refractivity contribution in [3.05, 3.63) is 35.4 Å².